The number of carboxylic acids is 2. The number of carboxylic acid groups (broad SMARTS) is 2. The van der Waals surface area contributed by atoms with Gasteiger partial charge < -0.3 is 29.9 Å². The predicted octanol–water partition coefficient (Wildman–Crippen LogP) is 6.15. The fraction of sp³-hybridized carbons (Fsp3) is 0.444. The number of nitrogens with zero attached hydrogens (tertiary/aromatic N) is 2. The fourth-order valence-electron chi connectivity index (χ4n) is 7.22. The van der Waals surface area contributed by atoms with Gasteiger partial charge in [-0.25, -0.2) is 9.59 Å². The number of rotatable bonds is 8. The minimum Gasteiger partial charge on any atom is -0.478 e. The quantitative estimate of drug-likeness (QED) is 0.310. The van der Waals surface area contributed by atoms with Gasteiger partial charge in [-0.1, -0.05) is 73.9 Å². The molecular weight excluding hydrogens is 556 g/mol. The van der Waals surface area contributed by atoms with Gasteiger partial charge in [-0.3, -0.25) is 0 Å². The fourth-order valence-corrected chi connectivity index (χ4v) is 7.22. The molecule has 1 saturated heterocycles. The number of likely N-dealkylation sites (tertiary alicyclic amines) is 1. The average molecular weight is 601 g/mol. The lowest BCUT2D eigenvalue weighted by Gasteiger charge is -2.41. The van der Waals surface area contributed by atoms with Crippen molar-refractivity contribution in [2.75, 3.05) is 19.6 Å². The molecule has 0 bridgehead atoms. The van der Waals surface area contributed by atoms with Crippen molar-refractivity contribution in [2.24, 2.45) is 17.8 Å². The molecule has 1 saturated carbocycles. The van der Waals surface area contributed by atoms with Gasteiger partial charge in [0.25, 0.3) is 0 Å². The minimum absolute atomic E-state index is 0.382. The Morgan fingerprint density at radius 1 is 0.886 bits per heavy atom. The number of benzene rings is 2. The van der Waals surface area contributed by atoms with Gasteiger partial charge in [-0.15, -0.1) is 0 Å². The molecule has 1 aliphatic carbocycles. The summed E-state index contributed by atoms with van der Waals surface area (Å²) in [4.78, 5) is 24.1. The third-order valence-corrected chi connectivity index (χ3v) is 9.64. The molecule has 8 heteroatoms. The van der Waals surface area contributed by atoms with Crippen LogP contribution in [-0.4, -0.2) is 56.7 Å². The van der Waals surface area contributed by atoms with E-state index >= 15 is 0 Å². The zero-order valence-electron chi connectivity index (χ0n) is 25.3. The van der Waals surface area contributed by atoms with Gasteiger partial charge in [-0.05, 0) is 68.7 Å². The molecule has 2 aromatic rings. The molecule has 4 aliphatic rings. The number of para-hydroxylation sites is 1. The third kappa shape index (κ3) is 7.79. The molecule has 44 heavy (non-hydrogen) atoms. The summed E-state index contributed by atoms with van der Waals surface area (Å²) >= 11 is 0. The molecule has 3 heterocycles. The van der Waals surface area contributed by atoms with E-state index in [0.717, 1.165) is 56.8 Å². The highest BCUT2D eigenvalue weighted by Gasteiger charge is 2.40. The second-order valence-electron chi connectivity index (χ2n) is 12.3. The number of allylic oxidation sites excluding steroid dienone is 1. The Hall–Kier alpha value is -3.88. The molecule has 2 atom stereocenters. The summed E-state index contributed by atoms with van der Waals surface area (Å²) < 4.78 is 6.10. The number of fused-ring (bicyclic) bond motifs is 2. The van der Waals surface area contributed by atoms with Gasteiger partial charge in [0.1, 0.15) is 12.0 Å². The molecule has 3 aliphatic heterocycles. The van der Waals surface area contributed by atoms with E-state index in [-0.39, 0.29) is 0 Å². The molecule has 3 N–H and O–H groups in total. The molecule has 6 rings (SSSR count). The third-order valence-electron chi connectivity index (χ3n) is 9.64. The summed E-state index contributed by atoms with van der Waals surface area (Å²) in [6, 6.07) is 18.9. The van der Waals surface area contributed by atoms with Crippen molar-refractivity contribution in [3.8, 4) is 5.75 Å². The largest absolute Gasteiger partial charge is 0.478 e. The first-order valence-electron chi connectivity index (χ1n) is 15.9. The van der Waals surface area contributed by atoms with Crippen molar-refractivity contribution in [1.29, 1.82) is 0 Å². The van der Waals surface area contributed by atoms with Crippen molar-refractivity contribution < 1.29 is 29.6 Å². The topological polar surface area (TPSA) is 111 Å². The Labute approximate surface area is 259 Å². The average Bonchev–Trinajstić information content (AvgIpc) is 3.36. The molecule has 2 fully saturated rings. The van der Waals surface area contributed by atoms with Crippen LogP contribution >= 0.6 is 0 Å². The molecule has 0 amide bonds. The van der Waals surface area contributed by atoms with Crippen LogP contribution in [0.4, 0.5) is 0 Å². The van der Waals surface area contributed by atoms with Gasteiger partial charge in [-0.2, -0.15) is 0 Å². The second-order valence-corrected chi connectivity index (χ2v) is 12.3. The maximum atomic E-state index is 12.0. The van der Waals surface area contributed by atoms with Crippen LogP contribution in [0.15, 0.2) is 91.0 Å². The van der Waals surface area contributed by atoms with E-state index in [0.29, 0.717) is 29.9 Å². The van der Waals surface area contributed by atoms with Crippen LogP contribution in [0.5, 0.6) is 5.75 Å². The summed E-state index contributed by atoms with van der Waals surface area (Å²) in [5.74, 6) is -0.0769. The highest BCUT2D eigenvalue weighted by Crippen LogP contribution is 2.43. The first-order valence-corrected chi connectivity index (χ1v) is 15.9. The van der Waals surface area contributed by atoms with E-state index in [1.165, 1.54) is 43.4 Å². The number of ether oxygens (including phenoxy) is 1. The van der Waals surface area contributed by atoms with Crippen LogP contribution in [0, 0.1) is 17.8 Å². The summed E-state index contributed by atoms with van der Waals surface area (Å²) in [5.41, 5.74) is 2.96. The van der Waals surface area contributed by atoms with Crippen LogP contribution in [0.25, 0.3) is 0 Å². The first kappa shape index (κ1) is 31.5. The zero-order valence-corrected chi connectivity index (χ0v) is 25.3. The number of hydrogen-bond acceptors (Lipinski definition) is 6. The molecule has 0 radical (unpaired) electrons. The molecule has 234 valence electrons. The zero-order chi connectivity index (χ0) is 30.9. The Morgan fingerprint density at radius 2 is 1.55 bits per heavy atom. The monoisotopic (exact) mass is 600 g/mol. The lowest BCUT2D eigenvalue weighted by atomic mass is 9.71. The maximum Gasteiger partial charge on any atom is 0.328 e. The number of aliphatic carboxylic acids is 2. The van der Waals surface area contributed by atoms with E-state index in [2.05, 4.69) is 70.6 Å². The normalized spacial score (nSPS) is 22.1. The van der Waals surface area contributed by atoms with E-state index < -0.39 is 17.5 Å². The second kappa shape index (κ2) is 14.7. The Morgan fingerprint density at radius 3 is 2.23 bits per heavy atom. The minimum atomic E-state index is -1.26. The van der Waals surface area contributed by atoms with Crippen LogP contribution in [0.2, 0.25) is 0 Å². The standard InChI is InChI=1S/C32H40N2O2.C4H4O4/c35-32(27-10-3-1-4-11-27,28-12-5-2-6-13-28)18-22-33-19-15-25(16-20-33)29-17-21-34-23-26-9-7-8-14-31(26)36-24-30(29)34;5-3(6)1-2-4(7)8/h1,3-4,7-11,14,17,21,24-25,28-29,35H,2,5-6,12-13,15-16,18-20,22-23H2;1-2H,(H,5,6)(H,7,8). The van der Waals surface area contributed by atoms with Gasteiger partial charge in [0.15, 0.2) is 0 Å². The van der Waals surface area contributed by atoms with Crippen molar-refractivity contribution in [3.05, 3.63) is 102 Å². The lowest BCUT2D eigenvalue weighted by molar-refractivity contribution is -0.134. The smallest absolute Gasteiger partial charge is 0.328 e. The molecule has 0 aromatic heterocycles. The Balaban J connectivity index is 0.000000426. The van der Waals surface area contributed by atoms with Gasteiger partial charge >= 0.3 is 11.9 Å². The predicted molar refractivity (Wildman–Crippen MR) is 168 cm³/mol. The first-order chi connectivity index (χ1) is 21.3. The highest BCUT2D eigenvalue weighted by molar-refractivity contribution is 5.89. The molecule has 2 unspecified atom stereocenters. The van der Waals surface area contributed by atoms with Crippen LogP contribution in [-0.2, 0) is 21.7 Å². The molecule has 8 nitrogen and oxygen atoms in total. The van der Waals surface area contributed by atoms with E-state index in [1.54, 1.807) is 0 Å². The Kier molecular flexibility index (Phi) is 10.6. The van der Waals surface area contributed by atoms with Crippen LogP contribution in [0.3, 0.4) is 0 Å². The van der Waals surface area contributed by atoms with Crippen molar-refractivity contribution in [2.45, 2.75) is 63.5 Å². The van der Waals surface area contributed by atoms with Crippen molar-refractivity contribution in [1.82, 2.24) is 9.80 Å². The van der Waals surface area contributed by atoms with Crippen molar-refractivity contribution >= 4 is 11.9 Å². The molecular formula is C36H44N2O6. The summed E-state index contributed by atoms with van der Waals surface area (Å²) in [5, 5.41) is 27.7. The van der Waals surface area contributed by atoms with Crippen molar-refractivity contribution in [3.63, 3.8) is 0 Å². The lowest BCUT2D eigenvalue weighted by Crippen LogP contribution is -2.42. The molecule has 2 aromatic carbocycles. The number of carbonyl (C=O) groups is 2. The van der Waals surface area contributed by atoms with Gasteiger partial charge in [0.2, 0.25) is 0 Å². The summed E-state index contributed by atoms with van der Waals surface area (Å²) in [6.45, 7) is 4.08. The number of hydrogen-bond donors (Lipinski definition) is 3. The van der Waals surface area contributed by atoms with Crippen LogP contribution in [0.1, 0.15) is 62.5 Å². The van der Waals surface area contributed by atoms with Gasteiger partial charge in [0.05, 0.1) is 17.8 Å². The highest BCUT2D eigenvalue weighted by atomic mass is 16.5. The maximum absolute atomic E-state index is 12.0. The van der Waals surface area contributed by atoms with Crippen LogP contribution < -0.4 is 4.74 Å². The SMILES string of the molecule is O=C(O)C=CC(=O)O.OC(CCN1CCC(C2C=CN3Cc4ccccc4OC=C23)CC1)(c1ccccc1)C1CCCCC1. The van der Waals surface area contributed by atoms with E-state index in [4.69, 9.17) is 14.9 Å². The summed E-state index contributed by atoms with van der Waals surface area (Å²) in [7, 11) is 0. The molecule has 0 spiro atoms. The number of piperidine rings is 1. The Bertz CT molecular complexity index is 1340. The van der Waals surface area contributed by atoms with Gasteiger partial charge in [0, 0.05) is 36.4 Å². The van der Waals surface area contributed by atoms with E-state index in [1.807, 2.05) is 12.3 Å². The summed E-state index contributed by atoms with van der Waals surface area (Å²) in [6.07, 6.45) is 17.1. The number of aliphatic hydroxyl groups is 1. The van der Waals surface area contributed by atoms with E-state index in [9.17, 15) is 14.7 Å².